The van der Waals surface area contributed by atoms with Gasteiger partial charge in [-0.25, -0.2) is 4.79 Å². The minimum absolute atomic E-state index is 0.159. The van der Waals surface area contributed by atoms with Crippen LogP contribution in [-0.2, 0) is 4.74 Å². The van der Waals surface area contributed by atoms with Gasteiger partial charge in [0.05, 0.1) is 6.61 Å². The smallest absolute Gasteiger partial charge is 0.342 e. The van der Waals surface area contributed by atoms with Gasteiger partial charge in [0.15, 0.2) is 11.5 Å². The molecule has 78 valence electrons. The molecule has 1 aliphatic heterocycles. The molecule has 0 spiro atoms. The molecule has 0 aromatic heterocycles. The van der Waals surface area contributed by atoms with Gasteiger partial charge in [0.2, 0.25) is 6.79 Å². The zero-order valence-corrected chi connectivity index (χ0v) is 8.70. The Morgan fingerprint density at radius 3 is 2.93 bits per heavy atom. The first kappa shape index (κ1) is 9.89. The number of rotatable bonds is 2. The highest BCUT2D eigenvalue weighted by atomic mass is 16.7. The Balaban J connectivity index is 2.41. The number of esters is 1. The molecule has 1 aliphatic rings. The highest BCUT2D eigenvalue weighted by molar-refractivity contribution is 6.34. The number of ether oxygens (including phenoxy) is 3. The van der Waals surface area contributed by atoms with Gasteiger partial charge >= 0.3 is 5.97 Å². The molecule has 0 unspecified atom stereocenters. The third-order valence-electron chi connectivity index (χ3n) is 2.21. The van der Waals surface area contributed by atoms with E-state index in [0.717, 1.165) is 5.46 Å². The fourth-order valence-corrected chi connectivity index (χ4v) is 1.50. The second-order valence-electron chi connectivity index (χ2n) is 3.22. The highest BCUT2D eigenvalue weighted by Crippen LogP contribution is 2.33. The minimum atomic E-state index is -0.376. The van der Waals surface area contributed by atoms with Crippen molar-refractivity contribution < 1.29 is 19.0 Å². The zero-order valence-electron chi connectivity index (χ0n) is 8.70. The monoisotopic (exact) mass is 206 g/mol. The van der Waals surface area contributed by atoms with E-state index in [0.29, 0.717) is 23.7 Å². The largest absolute Gasteiger partial charge is 0.462 e. The molecule has 0 N–H and O–H groups in total. The molecule has 2 rings (SSSR count). The topological polar surface area (TPSA) is 44.8 Å². The van der Waals surface area contributed by atoms with Gasteiger partial charge in [0.1, 0.15) is 13.4 Å². The van der Waals surface area contributed by atoms with Crippen molar-refractivity contribution in [3.05, 3.63) is 17.7 Å². The van der Waals surface area contributed by atoms with Crippen LogP contribution < -0.4 is 14.9 Å². The number of hydrogen-bond donors (Lipinski definition) is 0. The fraction of sp³-hybridized carbons (Fsp3) is 0.300. The third-order valence-corrected chi connectivity index (χ3v) is 2.21. The fourth-order valence-electron chi connectivity index (χ4n) is 1.50. The molecular weight excluding hydrogens is 195 g/mol. The predicted molar refractivity (Wildman–Crippen MR) is 56.7 cm³/mol. The molecule has 0 bridgehead atoms. The van der Waals surface area contributed by atoms with Crippen LogP contribution in [0.15, 0.2) is 12.1 Å². The minimum Gasteiger partial charge on any atom is -0.462 e. The molecule has 1 heterocycles. The number of benzene rings is 1. The summed E-state index contributed by atoms with van der Waals surface area (Å²) in [5.41, 5.74) is 1.38. The van der Waals surface area contributed by atoms with Crippen LogP contribution in [0.3, 0.4) is 0 Å². The van der Waals surface area contributed by atoms with Crippen LogP contribution >= 0.6 is 0 Å². The average Bonchev–Trinajstić information content (AvgIpc) is 2.68. The first-order valence-corrected chi connectivity index (χ1v) is 4.80. The van der Waals surface area contributed by atoms with Crippen molar-refractivity contribution >= 4 is 19.3 Å². The maximum atomic E-state index is 11.6. The van der Waals surface area contributed by atoms with Crippen molar-refractivity contribution in [2.45, 2.75) is 6.92 Å². The second-order valence-corrected chi connectivity index (χ2v) is 3.22. The van der Waals surface area contributed by atoms with E-state index in [1.165, 1.54) is 0 Å². The molecule has 15 heavy (non-hydrogen) atoms. The van der Waals surface area contributed by atoms with Crippen LogP contribution in [0.5, 0.6) is 11.5 Å². The first-order valence-electron chi connectivity index (χ1n) is 4.80. The Bertz CT molecular complexity index is 403. The van der Waals surface area contributed by atoms with Gasteiger partial charge in [-0.2, -0.15) is 0 Å². The van der Waals surface area contributed by atoms with Gasteiger partial charge in [0.25, 0.3) is 0 Å². The summed E-state index contributed by atoms with van der Waals surface area (Å²) in [6.07, 6.45) is 0. The zero-order chi connectivity index (χ0) is 10.8. The van der Waals surface area contributed by atoms with Crippen molar-refractivity contribution in [3.8, 4) is 11.5 Å². The summed E-state index contributed by atoms with van der Waals surface area (Å²) in [6.45, 7) is 2.28. The summed E-state index contributed by atoms with van der Waals surface area (Å²) < 4.78 is 15.4. The molecule has 0 saturated carbocycles. The molecule has 0 amide bonds. The number of hydrogen-bond acceptors (Lipinski definition) is 4. The Morgan fingerprint density at radius 1 is 1.47 bits per heavy atom. The van der Waals surface area contributed by atoms with E-state index in [-0.39, 0.29) is 12.8 Å². The van der Waals surface area contributed by atoms with Crippen molar-refractivity contribution in [1.29, 1.82) is 0 Å². The Labute approximate surface area is 88.5 Å². The standard InChI is InChI=1S/C10H11BO4/c1-2-13-10(12)6-3-4-7(11)9-8(6)14-5-15-9/h3-4H,2,5,11H2,1H3. The van der Waals surface area contributed by atoms with Crippen LogP contribution in [0.25, 0.3) is 0 Å². The van der Waals surface area contributed by atoms with E-state index >= 15 is 0 Å². The Morgan fingerprint density at radius 2 is 2.20 bits per heavy atom. The SMILES string of the molecule is Bc1ccc(C(=O)OCC)c2c1OCO2. The van der Waals surface area contributed by atoms with Gasteiger partial charge in [-0.3, -0.25) is 0 Å². The summed E-state index contributed by atoms with van der Waals surface area (Å²) >= 11 is 0. The number of carbonyl (C=O) groups is 1. The number of fused-ring (bicyclic) bond motifs is 1. The average molecular weight is 206 g/mol. The third kappa shape index (κ3) is 1.65. The van der Waals surface area contributed by atoms with Gasteiger partial charge in [0, 0.05) is 0 Å². The summed E-state index contributed by atoms with van der Waals surface area (Å²) in [6, 6.07) is 3.51. The molecule has 1 aromatic rings. The summed E-state index contributed by atoms with van der Waals surface area (Å²) in [4.78, 5) is 11.6. The van der Waals surface area contributed by atoms with Gasteiger partial charge in [-0.05, 0) is 18.5 Å². The van der Waals surface area contributed by atoms with E-state index in [1.54, 1.807) is 13.0 Å². The molecule has 1 aromatic carbocycles. The van der Waals surface area contributed by atoms with E-state index in [2.05, 4.69) is 0 Å². The van der Waals surface area contributed by atoms with Gasteiger partial charge in [-0.1, -0.05) is 6.07 Å². The molecule has 5 heteroatoms. The lowest BCUT2D eigenvalue weighted by atomic mass is 9.93. The van der Waals surface area contributed by atoms with E-state index in [1.807, 2.05) is 13.9 Å². The molecule has 0 fully saturated rings. The quantitative estimate of drug-likeness (QED) is 0.498. The summed E-state index contributed by atoms with van der Waals surface area (Å²) in [5, 5.41) is 0. The predicted octanol–water partition coefficient (Wildman–Crippen LogP) is -0.150. The summed E-state index contributed by atoms with van der Waals surface area (Å²) in [7, 11) is 1.91. The van der Waals surface area contributed by atoms with Crippen LogP contribution in [-0.4, -0.2) is 27.2 Å². The van der Waals surface area contributed by atoms with E-state index in [4.69, 9.17) is 14.2 Å². The maximum absolute atomic E-state index is 11.6. The summed E-state index contributed by atoms with van der Waals surface area (Å²) in [5.74, 6) is 0.758. The van der Waals surface area contributed by atoms with Gasteiger partial charge in [-0.15, -0.1) is 0 Å². The normalized spacial score (nSPS) is 12.6. The van der Waals surface area contributed by atoms with Crippen molar-refractivity contribution in [2.75, 3.05) is 13.4 Å². The second kappa shape index (κ2) is 3.84. The molecular formula is C10H11BO4. The lowest BCUT2D eigenvalue weighted by Gasteiger charge is -2.06. The van der Waals surface area contributed by atoms with E-state index in [9.17, 15) is 4.79 Å². The first-order chi connectivity index (χ1) is 7.24. The van der Waals surface area contributed by atoms with Crippen molar-refractivity contribution in [1.82, 2.24) is 0 Å². The van der Waals surface area contributed by atoms with Crippen LogP contribution in [0.4, 0.5) is 0 Å². The number of carbonyl (C=O) groups excluding carboxylic acids is 1. The molecule has 0 radical (unpaired) electrons. The Kier molecular flexibility index (Phi) is 2.54. The van der Waals surface area contributed by atoms with E-state index < -0.39 is 0 Å². The van der Waals surface area contributed by atoms with Crippen LogP contribution in [0.1, 0.15) is 17.3 Å². The van der Waals surface area contributed by atoms with Crippen LogP contribution in [0.2, 0.25) is 0 Å². The van der Waals surface area contributed by atoms with Crippen LogP contribution in [0, 0.1) is 0 Å². The molecule has 4 nitrogen and oxygen atoms in total. The lowest BCUT2D eigenvalue weighted by Crippen LogP contribution is -2.10. The van der Waals surface area contributed by atoms with Gasteiger partial charge < -0.3 is 14.2 Å². The molecule has 0 saturated heterocycles. The molecule has 0 atom stereocenters. The van der Waals surface area contributed by atoms with Crippen molar-refractivity contribution in [3.63, 3.8) is 0 Å². The Hall–Kier alpha value is -1.65. The lowest BCUT2D eigenvalue weighted by molar-refractivity contribution is 0.0522. The van der Waals surface area contributed by atoms with Crippen molar-refractivity contribution in [2.24, 2.45) is 0 Å². The highest BCUT2D eigenvalue weighted by Gasteiger charge is 2.24. The maximum Gasteiger partial charge on any atom is 0.342 e. The molecule has 0 aliphatic carbocycles.